The highest BCUT2D eigenvalue weighted by molar-refractivity contribution is 6.00. The topological polar surface area (TPSA) is 68.3 Å². The van der Waals surface area contributed by atoms with E-state index in [9.17, 15) is 9.59 Å². The van der Waals surface area contributed by atoms with Crippen molar-refractivity contribution in [2.24, 2.45) is 0 Å². The van der Waals surface area contributed by atoms with E-state index in [1.807, 2.05) is 47.4 Å². The molecule has 1 fully saturated rings. The molecular weight excluding hydrogens is 384 g/mol. The van der Waals surface area contributed by atoms with Gasteiger partial charge in [0.25, 0.3) is 0 Å². The van der Waals surface area contributed by atoms with Crippen LogP contribution in [0.15, 0.2) is 42.5 Å². The second-order valence-electron chi connectivity index (χ2n) is 7.40. The number of carbonyl (C=O) groups excluding carboxylic acids is 2. The third-order valence-electron chi connectivity index (χ3n) is 5.69. The summed E-state index contributed by atoms with van der Waals surface area (Å²) >= 11 is 0. The summed E-state index contributed by atoms with van der Waals surface area (Å²) in [6.45, 7) is 0.944. The average Bonchev–Trinajstić information content (AvgIpc) is 3.21. The Labute approximate surface area is 176 Å². The predicted octanol–water partition coefficient (Wildman–Crippen LogP) is 3.18. The molecule has 0 N–H and O–H groups in total. The van der Waals surface area contributed by atoms with Crippen molar-refractivity contribution < 1.29 is 23.8 Å². The Morgan fingerprint density at radius 1 is 1.17 bits per heavy atom. The molecule has 0 bridgehead atoms. The zero-order chi connectivity index (χ0) is 21.1. The van der Waals surface area contributed by atoms with E-state index in [-0.39, 0.29) is 30.8 Å². The number of amides is 2. The van der Waals surface area contributed by atoms with Crippen molar-refractivity contribution in [2.45, 2.75) is 25.3 Å². The first kappa shape index (κ1) is 20.1. The lowest BCUT2D eigenvalue weighted by molar-refractivity contribution is -0.132. The van der Waals surface area contributed by atoms with E-state index in [0.717, 1.165) is 29.9 Å². The summed E-state index contributed by atoms with van der Waals surface area (Å²) in [5, 5.41) is 0. The van der Waals surface area contributed by atoms with Gasteiger partial charge in [-0.1, -0.05) is 12.1 Å². The third kappa shape index (κ3) is 3.79. The normalized spacial score (nSPS) is 18.5. The molecule has 0 spiro atoms. The molecule has 0 radical (unpaired) electrons. The molecule has 158 valence electrons. The van der Waals surface area contributed by atoms with E-state index < -0.39 is 0 Å². The fourth-order valence-electron chi connectivity index (χ4n) is 4.21. The third-order valence-corrected chi connectivity index (χ3v) is 5.69. The van der Waals surface area contributed by atoms with Gasteiger partial charge in [-0.25, -0.2) is 0 Å². The summed E-state index contributed by atoms with van der Waals surface area (Å²) in [6, 6.07) is 12.9. The molecule has 2 amide bonds. The summed E-state index contributed by atoms with van der Waals surface area (Å²) in [5.74, 6) is 1.88. The van der Waals surface area contributed by atoms with Crippen LogP contribution in [0.5, 0.6) is 17.2 Å². The average molecular weight is 410 g/mol. The van der Waals surface area contributed by atoms with Crippen molar-refractivity contribution in [1.29, 1.82) is 0 Å². The van der Waals surface area contributed by atoms with E-state index in [1.165, 1.54) is 0 Å². The Bertz CT molecular complexity index is 945. The number of anilines is 1. The minimum Gasteiger partial charge on any atom is -0.497 e. The second kappa shape index (κ2) is 8.65. The van der Waals surface area contributed by atoms with Gasteiger partial charge in [-0.2, -0.15) is 0 Å². The molecule has 1 atom stereocenters. The van der Waals surface area contributed by atoms with Gasteiger partial charge < -0.3 is 19.1 Å². The lowest BCUT2D eigenvalue weighted by Crippen LogP contribution is -2.42. The first-order valence-corrected chi connectivity index (χ1v) is 10.2. The van der Waals surface area contributed by atoms with Crippen LogP contribution in [-0.2, 0) is 9.59 Å². The van der Waals surface area contributed by atoms with Crippen molar-refractivity contribution in [3.63, 3.8) is 0 Å². The fraction of sp³-hybridized carbons (Fsp3) is 0.391. The second-order valence-corrected chi connectivity index (χ2v) is 7.40. The van der Waals surface area contributed by atoms with Crippen LogP contribution in [0.25, 0.3) is 0 Å². The number of methoxy groups -OCH3 is 2. The minimum absolute atomic E-state index is 0.0119. The van der Waals surface area contributed by atoms with Gasteiger partial charge in [-0.05, 0) is 43.2 Å². The van der Waals surface area contributed by atoms with Gasteiger partial charge in [0.05, 0.1) is 39.0 Å². The van der Waals surface area contributed by atoms with Crippen LogP contribution in [0.2, 0.25) is 0 Å². The van der Waals surface area contributed by atoms with Crippen molar-refractivity contribution in [3.8, 4) is 17.2 Å². The highest BCUT2D eigenvalue weighted by Gasteiger charge is 2.34. The van der Waals surface area contributed by atoms with Crippen LogP contribution in [0.3, 0.4) is 0 Å². The number of likely N-dealkylation sites (tertiary alicyclic amines) is 1. The largest absolute Gasteiger partial charge is 0.497 e. The molecule has 0 saturated carbocycles. The lowest BCUT2D eigenvalue weighted by Gasteiger charge is -2.29. The molecular formula is C23H26N2O5. The van der Waals surface area contributed by atoms with Crippen molar-refractivity contribution >= 4 is 17.5 Å². The van der Waals surface area contributed by atoms with Crippen LogP contribution in [0, 0.1) is 0 Å². The minimum atomic E-state index is -0.115. The monoisotopic (exact) mass is 410 g/mol. The molecule has 7 heteroatoms. The Hall–Kier alpha value is -3.22. The Morgan fingerprint density at radius 2 is 2.00 bits per heavy atom. The standard InChI is InChI=1S/C23H26N2O5/c1-28-16-9-10-20(29-2)17(14-16)18-7-5-12-24(18)23(27)15-25-19-6-3-4-8-21(19)30-13-11-22(25)26/h3-4,6,8-10,14,18H,5,7,11-13,15H2,1-2H3/t18-/m1/s1. The molecule has 2 aromatic rings. The number of hydrogen-bond donors (Lipinski definition) is 0. The van der Waals surface area contributed by atoms with Gasteiger partial charge in [0.15, 0.2) is 0 Å². The maximum Gasteiger partial charge on any atom is 0.243 e. The molecule has 30 heavy (non-hydrogen) atoms. The first-order chi connectivity index (χ1) is 14.6. The molecule has 0 aromatic heterocycles. The smallest absolute Gasteiger partial charge is 0.243 e. The van der Waals surface area contributed by atoms with E-state index >= 15 is 0 Å². The molecule has 2 aliphatic heterocycles. The van der Waals surface area contributed by atoms with Gasteiger partial charge in [-0.15, -0.1) is 0 Å². The van der Waals surface area contributed by atoms with Crippen LogP contribution in [-0.4, -0.2) is 50.6 Å². The molecule has 2 heterocycles. The quantitative estimate of drug-likeness (QED) is 0.757. The molecule has 2 aliphatic rings. The Balaban J connectivity index is 1.60. The SMILES string of the molecule is COc1ccc(OC)c([C@H]2CCCN2C(=O)CN2C(=O)CCOc3ccccc32)c1. The zero-order valence-corrected chi connectivity index (χ0v) is 17.3. The maximum atomic E-state index is 13.3. The van der Waals surface area contributed by atoms with Gasteiger partial charge in [-0.3, -0.25) is 14.5 Å². The number of ether oxygens (including phenoxy) is 3. The van der Waals surface area contributed by atoms with Gasteiger partial charge in [0, 0.05) is 12.1 Å². The summed E-state index contributed by atoms with van der Waals surface area (Å²) in [4.78, 5) is 29.4. The highest BCUT2D eigenvalue weighted by Crippen LogP contribution is 2.39. The number of rotatable bonds is 5. The number of fused-ring (bicyclic) bond motifs is 1. The fourth-order valence-corrected chi connectivity index (χ4v) is 4.21. The number of nitrogens with zero attached hydrogens (tertiary/aromatic N) is 2. The molecule has 2 aromatic carbocycles. The summed E-state index contributed by atoms with van der Waals surface area (Å²) in [7, 11) is 3.24. The van der Waals surface area contributed by atoms with Gasteiger partial charge >= 0.3 is 0 Å². The van der Waals surface area contributed by atoms with E-state index in [1.54, 1.807) is 19.1 Å². The molecule has 0 aliphatic carbocycles. The molecule has 7 nitrogen and oxygen atoms in total. The number of benzene rings is 2. The first-order valence-electron chi connectivity index (χ1n) is 10.2. The molecule has 1 saturated heterocycles. The maximum absolute atomic E-state index is 13.3. The van der Waals surface area contributed by atoms with Crippen molar-refractivity contribution in [2.75, 3.05) is 38.8 Å². The predicted molar refractivity (Wildman–Crippen MR) is 112 cm³/mol. The van der Waals surface area contributed by atoms with Gasteiger partial charge in [0.2, 0.25) is 11.8 Å². The van der Waals surface area contributed by atoms with Crippen molar-refractivity contribution in [3.05, 3.63) is 48.0 Å². The Morgan fingerprint density at radius 3 is 2.80 bits per heavy atom. The van der Waals surface area contributed by atoms with Crippen LogP contribution >= 0.6 is 0 Å². The van der Waals surface area contributed by atoms with E-state index in [0.29, 0.717) is 24.6 Å². The summed E-state index contributed by atoms with van der Waals surface area (Å²) in [5.41, 5.74) is 1.57. The van der Waals surface area contributed by atoms with Gasteiger partial charge in [0.1, 0.15) is 23.8 Å². The van der Waals surface area contributed by atoms with E-state index in [4.69, 9.17) is 14.2 Å². The van der Waals surface area contributed by atoms with Crippen molar-refractivity contribution in [1.82, 2.24) is 4.90 Å². The molecule has 0 unspecified atom stereocenters. The number of hydrogen-bond acceptors (Lipinski definition) is 5. The Kier molecular flexibility index (Phi) is 5.79. The van der Waals surface area contributed by atoms with E-state index in [2.05, 4.69) is 0 Å². The zero-order valence-electron chi connectivity index (χ0n) is 17.3. The number of carbonyl (C=O) groups is 2. The van der Waals surface area contributed by atoms with Crippen LogP contribution < -0.4 is 19.1 Å². The summed E-state index contributed by atoms with van der Waals surface area (Å²) < 4.78 is 16.6. The molecule has 4 rings (SSSR count). The highest BCUT2D eigenvalue weighted by atomic mass is 16.5. The summed E-state index contributed by atoms with van der Waals surface area (Å²) in [6.07, 6.45) is 1.97. The van der Waals surface area contributed by atoms with Crippen LogP contribution in [0.1, 0.15) is 30.9 Å². The van der Waals surface area contributed by atoms with Crippen LogP contribution in [0.4, 0.5) is 5.69 Å². The lowest BCUT2D eigenvalue weighted by atomic mass is 10.0. The number of para-hydroxylation sites is 2.